The quantitative estimate of drug-likeness (QED) is 0.756. The van der Waals surface area contributed by atoms with Crippen molar-refractivity contribution in [2.75, 3.05) is 20.8 Å². The standard InChI is InChI=1S/C14H22ClNO/c1-11-6-7-12(14(15)9-11)10-13(16-2)5-4-8-17-3/h6-7,9,13,16H,4-5,8,10H2,1-3H3. The predicted molar refractivity (Wildman–Crippen MR) is 73.9 cm³/mol. The van der Waals surface area contributed by atoms with E-state index in [9.17, 15) is 0 Å². The maximum absolute atomic E-state index is 6.24. The maximum Gasteiger partial charge on any atom is 0.0462 e. The summed E-state index contributed by atoms with van der Waals surface area (Å²) in [6.07, 6.45) is 3.15. The van der Waals surface area contributed by atoms with Crippen molar-refractivity contribution in [2.24, 2.45) is 0 Å². The van der Waals surface area contributed by atoms with Crippen LogP contribution in [0.5, 0.6) is 0 Å². The molecule has 1 atom stereocenters. The highest BCUT2D eigenvalue weighted by Gasteiger charge is 2.09. The van der Waals surface area contributed by atoms with Crippen LogP contribution < -0.4 is 5.32 Å². The SMILES string of the molecule is CNC(CCCOC)Cc1ccc(C)cc1Cl. The number of nitrogens with one attached hydrogen (secondary N) is 1. The highest BCUT2D eigenvalue weighted by atomic mass is 35.5. The van der Waals surface area contributed by atoms with Gasteiger partial charge < -0.3 is 10.1 Å². The minimum absolute atomic E-state index is 0.463. The van der Waals surface area contributed by atoms with Gasteiger partial charge in [-0.1, -0.05) is 23.7 Å². The molecule has 1 rings (SSSR count). The number of likely N-dealkylation sites (N-methyl/N-ethyl adjacent to an activating group) is 1. The van der Waals surface area contributed by atoms with Crippen LogP contribution in [0.25, 0.3) is 0 Å². The van der Waals surface area contributed by atoms with Crippen molar-refractivity contribution in [1.29, 1.82) is 0 Å². The Kier molecular flexibility index (Phi) is 6.56. The first-order valence-corrected chi connectivity index (χ1v) is 6.46. The zero-order chi connectivity index (χ0) is 12.7. The van der Waals surface area contributed by atoms with E-state index in [1.807, 2.05) is 13.1 Å². The van der Waals surface area contributed by atoms with Crippen LogP contribution >= 0.6 is 11.6 Å². The van der Waals surface area contributed by atoms with Crippen LogP contribution in [0.3, 0.4) is 0 Å². The molecule has 0 aliphatic rings. The first-order valence-electron chi connectivity index (χ1n) is 6.08. The lowest BCUT2D eigenvalue weighted by molar-refractivity contribution is 0.189. The second-order valence-electron chi connectivity index (χ2n) is 4.42. The summed E-state index contributed by atoms with van der Waals surface area (Å²) in [5, 5.41) is 4.21. The average Bonchev–Trinajstić information content (AvgIpc) is 2.31. The average molecular weight is 256 g/mol. The lowest BCUT2D eigenvalue weighted by Gasteiger charge is -2.17. The number of methoxy groups -OCH3 is 1. The first-order chi connectivity index (χ1) is 8.17. The van der Waals surface area contributed by atoms with Gasteiger partial charge in [-0.15, -0.1) is 0 Å². The van der Waals surface area contributed by atoms with E-state index < -0.39 is 0 Å². The van der Waals surface area contributed by atoms with E-state index in [1.165, 1.54) is 11.1 Å². The molecule has 0 spiro atoms. The Morgan fingerprint density at radius 3 is 2.76 bits per heavy atom. The van der Waals surface area contributed by atoms with Gasteiger partial charge in [-0.05, 0) is 50.4 Å². The van der Waals surface area contributed by atoms with Crippen LogP contribution in [-0.4, -0.2) is 26.8 Å². The fourth-order valence-corrected chi connectivity index (χ4v) is 2.22. The van der Waals surface area contributed by atoms with Crippen molar-refractivity contribution < 1.29 is 4.74 Å². The lowest BCUT2D eigenvalue weighted by Crippen LogP contribution is -2.28. The van der Waals surface area contributed by atoms with E-state index in [1.54, 1.807) is 7.11 Å². The Labute approximate surface area is 109 Å². The van der Waals surface area contributed by atoms with E-state index in [-0.39, 0.29) is 0 Å². The predicted octanol–water partition coefficient (Wildman–Crippen LogP) is 3.21. The molecule has 1 aromatic carbocycles. The number of rotatable bonds is 7. The van der Waals surface area contributed by atoms with Crippen molar-refractivity contribution in [3.8, 4) is 0 Å². The third-order valence-electron chi connectivity index (χ3n) is 2.98. The first kappa shape index (κ1) is 14.5. The van der Waals surface area contributed by atoms with Crippen molar-refractivity contribution in [2.45, 2.75) is 32.2 Å². The van der Waals surface area contributed by atoms with Gasteiger partial charge in [0, 0.05) is 24.8 Å². The molecule has 17 heavy (non-hydrogen) atoms. The zero-order valence-electron chi connectivity index (χ0n) is 10.9. The number of benzene rings is 1. The third kappa shape index (κ3) is 5.07. The highest BCUT2D eigenvalue weighted by molar-refractivity contribution is 6.31. The maximum atomic E-state index is 6.24. The summed E-state index contributed by atoms with van der Waals surface area (Å²) in [7, 11) is 3.74. The molecule has 1 unspecified atom stereocenters. The Balaban J connectivity index is 2.54. The topological polar surface area (TPSA) is 21.3 Å². The molecule has 96 valence electrons. The third-order valence-corrected chi connectivity index (χ3v) is 3.34. The van der Waals surface area contributed by atoms with Crippen LogP contribution in [0.15, 0.2) is 18.2 Å². The number of halogens is 1. The molecular weight excluding hydrogens is 234 g/mol. The van der Waals surface area contributed by atoms with E-state index >= 15 is 0 Å². The molecule has 0 heterocycles. The lowest BCUT2D eigenvalue weighted by atomic mass is 10.0. The van der Waals surface area contributed by atoms with Crippen LogP contribution in [0, 0.1) is 6.92 Å². The molecule has 1 N–H and O–H groups in total. The van der Waals surface area contributed by atoms with Crippen LogP contribution in [0.4, 0.5) is 0 Å². The van der Waals surface area contributed by atoms with Gasteiger partial charge in [0.2, 0.25) is 0 Å². The summed E-state index contributed by atoms with van der Waals surface area (Å²) >= 11 is 6.24. The molecule has 0 amide bonds. The molecule has 0 aromatic heterocycles. The normalized spacial score (nSPS) is 12.7. The minimum Gasteiger partial charge on any atom is -0.385 e. The minimum atomic E-state index is 0.463. The summed E-state index contributed by atoms with van der Waals surface area (Å²) < 4.78 is 5.07. The Morgan fingerprint density at radius 2 is 2.18 bits per heavy atom. The molecule has 0 radical (unpaired) electrons. The van der Waals surface area contributed by atoms with Gasteiger partial charge in [0.05, 0.1) is 0 Å². The number of hydrogen-bond acceptors (Lipinski definition) is 2. The van der Waals surface area contributed by atoms with Crippen LogP contribution in [0.2, 0.25) is 5.02 Å². The summed E-state index contributed by atoms with van der Waals surface area (Å²) in [5.41, 5.74) is 2.42. The number of hydrogen-bond donors (Lipinski definition) is 1. The number of aryl methyl sites for hydroxylation is 1. The molecule has 0 aliphatic heterocycles. The van der Waals surface area contributed by atoms with E-state index in [2.05, 4.69) is 24.4 Å². The van der Waals surface area contributed by atoms with E-state index in [4.69, 9.17) is 16.3 Å². The Bertz CT molecular complexity index is 341. The second kappa shape index (κ2) is 7.70. The van der Waals surface area contributed by atoms with Crippen molar-refractivity contribution >= 4 is 11.6 Å². The van der Waals surface area contributed by atoms with Crippen LogP contribution in [-0.2, 0) is 11.2 Å². The van der Waals surface area contributed by atoms with Gasteiger partial charge in [-0.25, -0.2) is 0 Å². The van der Waals surface area contributed by atoms with E-state index in [0.717, 1.165) is 30.9 Å². The largest absolute Gasteiger partial charge is 0.385 e. The molecule has 0 aliphatic carbocycles. The van der Waals surface area contributed by atoms with Gasteiger partial charge in [0.15, 0.2) is 0 Å². The monoisotopic (exact) mass is 255 g/mol. The smallest absolute Gasteiger partial charge is 0.0462 e. The van der Waals surface area contributed by atoms with Gasteiger partial charge in [0.1, 0.15) is 0 Å². The molecular formula is C14H22ClNO. The van der Waals surface area contributed by atoms with Crippen molar-refractivity contribution in [3.63, 3.8) is 0 Å². The van der Waals surface area contributed by atoms with Gasteiger partial charge in [0.25, 0.3) is 0 Å². The fraction of sp³-hybridized carbons (Fsp3) is 0.571. The van der Waals surface area contributed by atoms with Crippen molar-refractivity contribution in [3.05, 3.63) is 34.3 Å². The van der Waals surface area contributed by atoms with Gasteiger partial charge >= 0.3 is 0 Å². The van der Waals surface area contributed by atoms with Crippen LogP contribution in [0.1, 0.15) is 24.0 Å². The molecule has 0 saturated heterocycles. The molecule has 2 nitrogen and oxygen atoms in total. The summed E-state index contributed by atoms with van der Waals surface area (Å²) in [6.45, 7) is 2.88. The summed E-state index contributed by atoms with van der Waals surface area (Å²) in [6, 6.07) is 6.73. The molecule has 0 saturated carbocycles. The van der Waals surface area contributed by atoms with Gasteiger partial charge in [-0.2, -0.15) is 0 Å². The molecule has 3 heteroatoms. The Hall–Kier alpha value is -0.570. The zero-order valence-corrected chi connectivity index (χ0v) is 11.7. The Morgan fingerprint density at radius 1 is 1.41 bits per heavy atom. The molecule has 0 bridgehead atoms. The summed E-state index contributed by atoms with van der Waals surface area (Å²) in [4.78, 5) is 0. The highest BCUT2D eigenvalue weighted by Crippen LogP contribution is 2.20. The summed E-state index contributed by atoms with van der Waals surface area (Å²) in [5.74, 6) is 0. The van der Waals surface area contributed by atoms with Gasteiger partial charge in [-0.3, -0.25) is 0 Å². The molecule has 0 fully saturated rings. The molecule has 1 aromatic rings. The number of ether oxygens (including phenoxy) is 1. The van der Waals surface area contributed by atoms with Crippen molar-refractivity contribution in [1.82, 2.24) is 5.32 Å². The second-order valence-corrected chi connectivity index (χ2v) is 4.83. The fourth-order valence-electron chi connectivity index (χ4n) is 1.91. The van der Waals surface area contributed by atoms with E-state index in [0.29, 0.717) is 6.04 Å².